The number of piperidine rings is 1. The van der Waals surface area contributed by atoms with Gasteiger partial charge in [0.05, 0.1) is 13.0 Å². The Hall–Kier alpha value is -1.84. The predicted molar refractivity (Wildman–Crippen MR) is 109 cm³/mol. The summed E-state index contributed by atoms with van der Waals surface area (Å²) in [6.07, 6.45) is 4.19. The highest BCUT2D eigenvalue weighted by Crippen LogP contribution is 2.52. The van der Waals surface area contributed by atoms with Crippen molar-refractivity contribution in [2.24, 2.45) is 11.3 Å². The molecule has 3 aliphatic rings. The average Bonchev–Trinajstić information content (AvgIpc) is 3.01. The van der Waals surface area contributed by atoms with Gasteiger partial charge in [-0.15, -0.1) is 0 Å². The molecule has 152 valence electrons. The molecule has 1 aliphatic carbocycles. The Morgan fingerprint density at radius 2 is 2.00 bits per heavy atom. The number of likely N-dealkylation sites (tertiary alicyclic amines) is 1. The van der Waals surface area contributed by atoms with Gasteiger partial charge in [-0.3, -0.25) is 9.59 Å². The number of carbonyl (C=O) groups is 2. The fraction of sp³-hybridized carbons (Fsp3) is 0.667. The summed E-state index contributed by atoms with van der Waals surface area (Å²) >= 11 is 0. The highest BCUT2D eigenvalue weighted by Gasteiger charge is 2.53. The van der Waals surface area contributed by atoms with Crippen LogP contribution in [0, 0.1) is 11.3 Å². The van der Waals surface area contributed by atoms with E-state index in [0.29, 0.717) is 24.9 Å². The predicted octanol–water partition coefficient (Wildman–Crippen LogP) is 4.42. The minimum atomic E-state index is -0.0995. The molecule has 4 nitrogen and oxygen atoms in total. The lowest BCUT2D eigenvalue weighted by molar-refractivity contribution is -0.147. The second-order valence-electron chi connectivity index (χ2n) is 10.4. The van der Waals surface area contributed by atoms with Crippen molar-refractivity contribution in [3.05, 3.63) is 35.4 Å². The van der Waals surface area contributed by atoms with Crippen LogP contribution < -0.4 is 0 Å². The van der Waals surface area contributed by atoms with E-state index in [9.17, 15) is 9.59 Å². The van der Waals surface area contributed by atoms with E-state index in [2.05, 4.69) is 56.9 Å². The number of benzene rings is 1. The van der Waals surface area contributed by atoms with E-state index in [1.165, 1.54) is 11.1 Å². The van der Waals surface area contributed by atoms with Gasteiger partial charge in [0.25, 0.3) is 0 Å². The Morgan fingerprint density at radius 1 is 1.25 bits per heavy atom. The van der Waals surface area contributed by atoms with Gasteiger partial charge >= 0.3 is 5.97 Å². The van der Waals surface area contributed by atoms with Gasteiger partial charge in [-0.1, -0.05) is 45.0 Å². The molecule has 0 unspecified atom stereocenters. The van der Waals surface area contributed by atoms with E-state index in [-0.39, 0.29) is 28.8 Å². The summed E-state index contributed by atoms with van der Waals surface area (Å²) in [5, 5.41) is 0. The number of esters is 1. The summed E-state index contributed by atoms with van der Waals surface area (Å²) in [6, 6.07) is 9.27. The molecule has 1 aromatic carbocycles. The van der Waals surface area contributed by atoms with Gasteiger partial charge < -0.3 is 9.64 Å². The summed E-state index contributed by atoms with van der Waals surface area (Å²) in [4.78, 5) is 26.6. The lowest BCUT2D eigenvalue weighted by atomic mass is 9.61. The minimum absolute atomic E-state index is 0.0354. The Labute approximate surface area is 168 Å². The zero-order valence-corrected chi connectivity index (χ0v) is 17.7. The second kappa shape index (κ2) is 6.89. The molecule has 0 aromatic heterocycles. The zero-order chi connectivity index (χ0) is 20.1. The topological polar surface area (TPSA) is 46.6 Å². The van der Waals surface area contributed by atoms with E-state index < -0.39 is 0 Å². The van der Waals surface area contributed by atoms with Crippen LogP contribution in [0.4, 0.5) is 0 Å². The first-order valence-electron chi connectivity index (χ1n) is 10.7. The number of amides is 1. The third kappa shape index (κ3) is 3.58. The van der Waals surface area contributed by atoms with Crippen molar-refractivity contribution in [2.45, 2.75) is 77.2 Å². The molecule has 4 heteroatoms. The molecule has 2 heterocycles. The first-order valence-corrected chi connectivity index (χ1v) is 10.7. The van der Waals surface area contributed by atoms with E-state index in [1.54, 1.807) is 0 Å². The molecule has 0 bridgehead atoms. The Balaban J connectivity index is 1.37. The molecule has 2 saturated heterocycles. The first kappa shape index (κ1) is 19.5. The highest BCUT2D eigenvalue weighted by atomic mass is 16.5. The third-order valence-corrected chi connectivity index (χ3v) is 7.15. The quantitative estimate of drug-likeness (QED) is 0.710. The Morgan fingerprint density at radius 3 is 2.61 bits per heavy atom. The number of hydrogen-bond donors (Lipinski definition) is 0. The lowest BCUT2D eigenvalue weighted by Crippen LogP contribution is -2.52. The van der Waals surface area contributed by atoms with Crippen molar-refractivity contribution >= 4 is 11.9 Å². The summed E-state index contributed by atoms with van der Waals surface area (Å²) in [5.41, 5.74) is 2.91. The number of hydrogen-bond acceptors (Lipinski definition) is 3. The van der Waals surface area contributed by atoms with Gasteiger partial charge in [-0.2, -0.15) is 0 Å². The largest absolute Gasteiger partial charge is 0.465 e. The van der Waals surface area contributed by atoms with Crippen LogP contribution in [0.1, 0.15) is 76.8 Å². The molecular weight excluding hydrogens is 350 g/mol. The maximum Gasteiger partial charge on any atom is 0.306 e. The molecule has 0 N–H and O–H groups in total. The van der Waals surface area contributed by atoms with Crippen LogP contribution in [-0.4, -0.2) is 36.0 Å². The van der Waals surface area contributed by atoms with Crippen molar-refractivity contribution in [1.82, 2.24) is 4.90 Å². The van der Waals surface area contributed by atoms with Gasteiger partial charge in [0.2, 0.25) is 5.91 Å². The molecule has 1 saturated carbocycles. The van der Waals surface area contributed by atoms with Crippen LogP contribution in [0.25, 0.3) is 0 Å². The molecule has 2 aliphatic heterocycles. The molecular formula is C24H33NO3. The number of ether oxygens (including phenoxy) is 1. The standard InChI is InChI=1S/C24H33NO3/c1-16-10-18(17-6-5-7-20(11-17)23(2,3)4)8-9-25(16)22(27)19-12-24(13-19)14-21(26)28-15-24/h5-7,11,16,18-19H,8-10,12-15H2,1-4H3/t16-,18+,19?,24?/m0/s1. The van der Waals surface area contributed by atoms with Gasteiger partial charge in [-0.05, 0) is 55.1 Å². The molecule has 1 spiro atoms. The van der Waals surface area contributed by atoms with Gasteiger partial charge in [0, 0.05) is 23.9 Å². The van der Waals surface area contributed by atoms with Crippen molar-refractivity contribution in [2.75, 3.05) is 13.2 Å². The summed E-state index contributed by atoms with van der Waals surface area (Å²) in [6.45, 7) is 10.3. The number of nitrogens with zero attached hydrogens (tertiary/aromatic N) is 1. The van der Waals surface area contributed by atoms with Crippen LogP contribution in [-0.2, 0) is 19.7 Å². The maximum atomic E-state index is 13.0. The van der Waals surface area contributed by atoms with Crippen molar-refractivity contribution in [3.8, 4) is 0 Å². The zero-order valence-electron chi connectivity index (χ0n) is 17.7. The monoisotopic (exact) mass is 383 g/mol. The molecule has 0 radical (unpaired) electrons. The van der Waals surface area contributed by atoms with E-state index in [1.807, 2.05) is 0 Å². The molecule has 1 amide bonds. The molecule has 2 atom stereocenters. The minimum Gasteiger partial charge on any atom is -0.465 e. The Kier molecular flexibility index (Phi) is 4.79. The first-order chi connectivity index (χ1) is 13.2. The summed E-state index contributed by atoms with van der Waals surface area (Å²) in [5.74, 6) is 0.796. The van der Waals surface area contributed by atoms with Crippen molar-refractivity contribution in [3.63, 3.8) is 0 Å². The molecule has 4 rings (SSSR count). The normalized spacial score (nSPS) is 32.9. The smallest absolute Gasteiger partial charge is 0.306 e. The third-order valence-electron chi connectivity index (χ3n) is 7.15. The van der Waals surface area contributed by atoms with Crippen LogP contribution >= 0.6 is 0 Å². The fourth-order valence-electron chi connectivity index (χ4n) is 5.36. The summed E-state index contributed by atoms with van der Waals surface area (Å²) < 4.78 is 5.14. The second-order valence-corrected chi connectivity index (χ2v) is 10.4. The number of cyclic esters (lactones) is 1. The fourth-order valence-corrected chi connectivity index (χ4v) is 5.36. The molecule has 1 aromatic rings. The molecule has 28 heavy (non-hydrogen) atoms. The Bertz CT molecular complexity index is 772. The van der Waals surface area contributed by atoms with Crippen LogP contribution in [0.5, 0.6) is 0 Å². The van der Waals surface area contributed by atoms with Crippen LogP contribution in [0.2, 0.25) is 0 Å². The lowest BCUT2D eigenvalue weighted by Gasteiger charge is -2.46. The van der Waals surface area contributed by atoms with Gasteiger partial charge in [0.15, 0.2) is 0 Å². The van der Waals surface area contributed by atoms with E-state index in [4.69, 9.17) is 4.74 Å². The molecule has 3 fully saturated rings. The van der Waals surface area contributed by atoms with Gasteiger partial charge in [-0.25, -0.2) is 0 Å². The SMILES string of the molecule is C[C@H]1C[C@H](c2cccc(C(C)(C)C)c2)CCN1C(=O)C1CC2(COC(=O)C2)C1. The highest BCUT2D eigenvalue weighted by molar-refractivity contribution is 5.81. The van der Waals surface area contributed by atoms with Crippen LogP contribution in [0.3, 0.4) is 0 Å². The van der Waals surface area contributed by atoms with E-state index >= 15 is 0 Å². The number of rotatable bonds is 2. The van der Waals surface area contributed by atoms with E-state index in [0.717, 1.165) is 32.2 Å². The van der Waals surface area contributed by atoms with Crippen molar-refractivity contribution < 1.29 is 14.3 Å². The number of carbonyl (C=O) groups excluding carboxylic acids is 2. The van der Waals surface area contributed by atoms with Crippen molar-refractivity contribution in [1.29, 1.82) is 0 Å². The maximum absolute atomic E-state index is 13.0. The van der Waals surface area contributed by atoms with Crippen LogP contribution in [0.15, 0.2) is 24.3 Å². The average molecular weight is 384 g/mol. The summed E-state index contributed by atoms with van der Waals surface area (Å²) in [7, 11) is 0. The van der Waals surface area contributed by atoms with Gasteiger partial charge in [0.1, 0.15) is 0 Å².